The maximum Gasteiger partial charge on any atom is 0.244 e. The fraction of sp³-hybridized carbons (Fsp3) is 0.500. The third-order valence-corrected chi connectivity index (χ3v) is 9.12. The van der Waals surface area contributed by atoms with Crippen LogP contribution >= 0.6 is 0 Å². The van der Waals surface area contributed by atoms with E-state index in [4.69, 9.17) is 0 Å². The third-order valence-electron chi connectivity index (χ3n) is 6.92. The van der Waals surface area contributed by atoms with Crippen LogP contribution in [0.25, 0.3) is 0 Å². The van der Waals surface area contributed by atoms with Crippen molar-refractivity contribution in [2.24, 2.45) is 0 Å². The Hall–Kier alpha value is -2.18. The van der Waals surface area contributed by atoms with Crippen LogP contribution in [-0.2, 0) is 21.2 Å². The fourth-order valence-electron chi connectivity index (χ4n) is 5.63. The van der Waals surface area contributed by atoms with E-state index in [1.165, 1.54) is 4.31 Å². The van der Waals surface area contributed by atoms with Gasteiger partial charge in [0, 0.05) is 17.8 Å². The second-order valence-electron chi connectivity index (χ2n) is 9.52. The number of carbonyl (C=O) groups excluding carboxylic acids is 1. The fourth-order valence-corrected chi connectivity index (χ4v) is 7.68. The third kappa shape index (κ3) is 4.23. The minimum atomic E-state index is -3.81. The summed E-state index contributed by atoms with van der Waals surface area (Å²) in [6.45, 7) is 7.61. The number of aryl methyl sites for hydroxylation is 3. The number of amides is 1. The van der Waals surface area contributed by atoms with Crippen LogP contribution in [0, 0.1) is 20.8 Å². The first-order chi connectivity index (χ1) is 15.2. The van der Waals surface area contributed by atoms with Crippen molar-refractivity contribution in [3.63, 3.8) is 0 Å². The standard InChI is InChI=1S/C26H34N2O3S/c1-18-14-19(2)26(20(3)15-18)32(30,31)27(23-11-6-5-7-12-23)17-25(29)28-21(4)16-22-10-8-9-13-24(22)28/h8-10,13-15,21,23H,5-7,11-12,16-17H2,1-4H3/t21-/m0/s1. The summed E-state index contributed by atoms with van der Waals surface area (Å²) >= 11 is 0. The van der Waals surface area contributed by atoms with Gasteiger partial charge in [0.2, 0.25) is 15.9 Å². The minimum Gasteiger partial charge on any atom is -0.308 e. The summed E-state index contributed by atoms with van der Waals surface area (Å²) < 4.78 is 29.6. The van der Waals surface area contributed by atoms with Crippen molar-refractivity contribution in [3.8, 4) is 0 Å². The zero-order chi connectivity index (χ0) is 23.0. The van der Waals surface area contributed by atoms with Crippen molar-refractivity contribution in [1.29, 1.82) is 0 Å². The Balaban J connectivity index is 1.71. The molecule has 1 atom stereocenters. The predicted molar refractivity (Wildman–Crippen MR) is 129 cm³/mol. The molecule has 172 valence electrons. The molecule has 0 aromatic heterocycles. The maximum absolute atomic E-state index is 14.0. The van der Waals surface area contributed by atoms with Crippen molar-refractivity contribution in [3.05, 3.63) is 58.7 Å². The summed E-state index contributed by atoms with van der Waals surface area (Å²) in [4.78, 5) is 15.8. The Morgan fingerprint density at radius 2 is 1.66 bits per heavy atom. The van der Waals surface area contributed by atoms with Gasteiger partial charge in [-0.25, -0.2) is 8.42 Å². The first kappa shape index (κ1) is 23.0. The lowest BCUT2D eigenvalue weighted by Gasteiger charge is -2.35. The summed E-state index contributed by atoms with van der Waals surface area (Å²) in [5, 5.41) is 0. The Bertz CT molecular complexity index is 1100. The smallest absolute Gasteiger partial charge is 0.244 e. The van der Waals surface area contributed by atoms with Crippen molar-refractivity contribution >= 4 is 21.6 Å². The van der Waals surface area contributed by atoms with Crippen LogP contribution in [0.2, 0.25) is 0 Å². The van der Waals surface area contributed by atoms with Gasteiger partial charge in [0.1, 0.15) is 0 Å². The van der Waals surface area contributed by atoms with Gasteiger partial charge in [0.25, 0.3) is 0 Å². The predicted octanol–water partition coefficient (Wildman–Crippen LogP) is 4.91. The number of sulfonamides is 1. The van der Waals surface area contributed by atoms with Gasteiger partial charge < -0.3 is 4.90 Å². The molecule has 4 rings (SSSR count). The quantitative estimate of drug-likeness (QED) is 0.645. The number of fused-ring (bicyclic) bond motifs is 1. The van der Waals surface area contributed by atoms with E-state index in [1.54, 1.807) is 4.90 Å². The van der Waals surface area contributed by atoms with Crippen LogP contribution < -0.4 is 4.90 Å². The highest BCUT2D eigenvalue weighted by molar-refractivity contribution is 7.89. The van der Waals surface area contributed by atoms with E-state index in [-0.39, 0.29) is 24.5 Å². The second-order valence-corrected chi connectivity index (χ2v) is 11.3. The number of carbonyl (C=O) groups is 1. The van der Waals surface area contributed by atoms with Gasteiger partial charge in [0.15, 0.2) is 0 Å². The van der Waals surface area contributed by atoms with E-state index in [1.807, 2.05) is 64.1 Å². The molecular formula is C26H34N2O3S. The molecule has 0 bridgehead atoms. The minimum absolute atomic E-state index is 0.0265. The zero-order valence-electron chi connectivity index (χ0n) is 19.6. The van der Waals surface area contributed by atoms with E-state index in [0.717, 1.165) is 66.5 Å². The molecule has 32 heavy (non-hydrogen) atoms. The average Bonchev–Trinajstić information content (AvgIpc) is 3.07. The molecule has 5 nitrogen and oxygen atoms in total. The molecule has 2 aromatic rings. The summed E-state index contributed by atoms with van der Waals surface area (Å²) in [5.41, 5.74) is 4.59. The van der Waals surface area contributed by atoms with Crippen LogP contribution in [0.3, 0.4) is 0 Å². The molecule has 0 saturated heterocycles. The van der Waals surface area contributed by atoms with Crippen LogP contribution in [0.5, 0.6) is 0 Å². The lowest BCUT2D eigenvalue weighted by atomic mass is 9.95. The first-order valence-electron chi connectivity index (χ1n) is 11.7. The van der Waals surface area contributed by atoms with Gasteiger partial charge in [-0.3, -0.25) is 4.79 Å². The molecule has 1 amide bonds. The summed E-state index contributed by atoms with van der Waals surface area (Å²) in [7, 11) is -3.81. The van der Waals surface area contributed by atoms with Crippen molar-refractivity contribution < 1.29 is 13.2 Å². The number of rotatable bonds is 5. The van der Waals surface area contributed by atoms with Gasteiger partial charge >= 0.3 is 0 Å². The topological polar surface area (TPSA) is 57.7 Å². The van der Waals surface area contributed by atoms with E-state index in [0.29, 0.717) is 4.90 Å². The van der Waals surface area contributed by atoms with Crippen molar-refractivity contribution in [1.82, 2.24) is 4.31 Å². The highest BCUT2D eigenvalue weighted by atomic mass is 32.2. The molecule has 6 heteroatoms. The van der Waals surface area contributed by atoms with Gasteiger partial charge in [-0.05, 0) is 69.7 Å². The lowest BCUT2D eigenvalue weighted by Crippen LogP contribution is -2.49. The molecule has 0 spiro atoms. The number of hydrogen-bond donors (Lipinski definition) is 0. The molecule has 0 radical (unpaired) electrons. The lowest BCUT2D eigenvalue weighted by molar-refractivity contribution is -0.119. The highest BCUT2D eigenvalue weighted by Crippen LogP contribution is 2.34. The second kappa shape index (κ2) is 8.99. The van der Waals surface area contributed by atoms with Gasteiger partial charge in [0.05, 0.1) is 11.4 Å². The molecule has 2 aromatic carbocycles. The largest absolute Gasteiger partial charge is 0.308 e. The van der Waals surface area contributed by atoms with Gasteiger partial charge in [-0.1, -0.05) is 55.2 Å². The van der Waals surface area contributed by atoms with E-state index >= 15 is 0 Å². The van der Waals surface area contributed by atoms with Crippen LogP contribution in [0.1, 0.15) is 61.3 Å². The summed E-state index contributed by atoms with van der Waals surface area (Å²) in [6, 6.07) is 11.7. The SMILES string of the molecule is Cc1cc(C)c(S(=O)(=O)N(CC(=O)N2c3ccccc3C[C@@H]2C)C2CCCCC2)c(C)c1. The number of benzene rings is 2. The van der Waals surface area contributed by atoms with E-state index < -0.39 is 10.0 Å². The Morgan fingerprint density at radius 1 is 1.03 bits per heavy atom. The van der Waals surface area contributed by atoms with E-state index in [9.17, 15) is 13.2 Å². The summed E-state index contributed by atoms with van der Waals surface area (Å²) in [5.74, 6) is -0.140. The molecule has 1 saturated carbocycles. The van der Waals surface area contributed by atoms with Gasteiger partial charge in [-0.2, -0.15) is 4.31 Å². The summed E-state index contributed by atoms with van der Waals surface area (Å²) in [6.07, 6.45) is 5.54. The van der Waals surface area contributed by atoms with Gasteiger partial charge in [-0.15, -0.1) is 0 Å². The van der Waals surface area contributed by atoms with Crippen LogP contribution in [0.4, 0.5) is 5.69 Å². The number of nitrogens with zero attached hydrogens (tertiary/aromatic N) is 2. The monoisotopic (exact) mass is 454 g/mol. The Labute approximate surface area is 192 Å². The molecule has 1 fully saturated rings. The normalized spacial score (nSPS) is 19.4. The Kier molecular flexibility index (Phi) is 6.46. The Morgan fingerprint density at radius 3 is 2.31 bits per heavy atom. The zero-order valence-corrected chi connectivity index (χ0v) is 20.4. The number of para-hydroxylation sites is 1. The van der Waals surface area contributed by atoms with Crippen LogP contribution in [0.15, 0.2) is 41.3 Å². The number of anilines is 1. The average molecular weight is 455 g/mol. The van der Waals surface area contributed by atoms with Crippen LogP contribution in [-0.4, -0.2) is 37.3 Å². The molecule has 0 N–H and O–H groups in total. The van der Waals surface area contributed by atoms with Crippen molar-refractivity contribution in [2.45, 2.75) is 83.2 Å². The maximum atomic E-state index is 14.0. The van der Waals surface area contributed by atoms with E-state index in [2.05, 4.69) is 0 Å². The molecule has 0 unspecified atom stereocenters. The molecule has 1 heterocycles. The molecule has 1 aliphatic carbocycles. The number of hydrogen-bond acceptors (Lipinski definition) is 3. The first-order valence-corrected chi connectivity index (χ1v) is 13.1. The molecule has 1 aliphatic heterocycles. The van der Waals surface area contributed by atoms with Crippen molar-refractivity contribution in [2.75, 3.05) is 11.4 Å². The molecular weight excluding hydrogens is 420 g/mol. The highest BCUT2D eigenvalue weighted by Gasteiger charge is 2.39. The molecule has 2 aliphatic rings.